The van der Waals surface area contributed by atoms with E-state index in [4.69, 9.17) is 27.4 Å². The molecule has 1 rings (SSSR count). The molecule has 1 aromatic carbocycles. The standard InChI is InChI=1S/C12H18N2O4S2/c1-17-7-2-8-20(15,16)14-10-3-5-11(6-4-10)18-9-12(13)19/h3-6,14H,2,7-9H2,1H3,(H2,13,19). The van der Waals surface area contributed by atoms with Crippen molar-refractivity contribution in [2.24, 2.45) is 5.73 Å². The topological polar surface area (TPSA) is 90.7 Å². The number of nitrogens with two attached hydrogens (primary N) is 1. The van der Waals surface area contributed by atoms with Gasteiger partial charge in [0, 0.05) is 19.4 Å². The van der Waals surface area contributed by atoms with Crippen molar-refractivity contribution < 1.29 is 17.9 Å². The zero-order chi connectivity index (χ0) is 15.0. The van der Waals surface area contributed by atoms with Gasteiger partial charge in [0.2, 0.25) is 10.0 Å². The minimum absolute atomic E-state index is 0.0144. The summed E-state index contributed by atoms with van der Waals surface area (Å²) in [5.41, 5.74) is 5.79. The van der Waals surface area contributed by atoms with E-state index in [2.05, 4.69) is 4.72 Å². The summed E-state index contributed by atoms with van der Waals surface area (Å²) in [6.07, 6.45) is 0.445. The number of hydrogen-bond donors (Lipinski definition) is 2. The Kier molecular flexibility index (Phi) is 6.69. The lowest BCUT2D eigenvalue weighted by molar-refractivity contribution is 0.199. The molecule has 3 N–H and O–H groups in total. The normalized spacial score (nSPS) is 11.1. The number of anilines is 1. The van der Waals surface area contributed by atoms with E-state index >= 15 is 0 Å². The van der Waals surface area contributed by atoms with E-state index in [1.807, 2.05) is 0 Å². The maximum Gasteiger partial charge on any atom is 0.232 e. The van der Waals surface area contributed by atoms with Gasteiger partial charge < -0.3 is 15.2 Å². The molecule has 0 bridgehead atoms. The third-order valence-electron chi connectivity index (χ3n) is 2.27. The van der Waals surface area contributed by atoms with Gasteiger partial charge in [0.1, 0.15) is 17.3 Å². The molecule has 0 aliphatic heterocycles. The SMILES string of the molecule is COCCCS(=O)(=O)Nc1ccc(OCC(N)=S)cc1. The third kappa shape index (κ3) is 6.69. The summed E-state index contributed by atoms with van der Waals surface area (Å²) < 4.78 is 36.1. The number of nitrogens with one attached hydrogen (secondary N) is 1. The second-order valence-corrected chi connectivity index (χ2v) is 6.41. The van der Waals surface area contributed by atoms with Crippen LogP contribution in [-0.2, 0) is 14.8 Å². The highest BCUT2D eigenvalue weighted by atomic mass is 32.2. The second kappa shape index (κ2) is 8.03. The summed E-state index contributed by atoms with van der Waals surface area (Å²) in [7, 11) is -1.82. The molecule has 6 nitrogen and oxygen atoms in total. The highest BCUT2D eigenvalue weighted by molar-refractivity contribution is 7.92. The van der Waals surface area contributed by atoms with Crippen LogP contribution in [0.4, 0.5) is 5.69 Å². The lowest BCUT2D eigenvalue weighted by atomic mass is 10.3. The van der Waals surface area contributed by atoms with Gasteiger partial charge in [0.15, 0.2) is 0 Å². The monoisotopic (exact) mass is 318 g/mol. The van der Waals surface area contributed by atoms with Crippen LogP contribution in [0.1, 0.15) is 6.42 Å². The van der Waals surface area contributed by atoms with E-state index in [1.165, 1.54) is 7.11 Å². The van der Waals surface area contributed by atoms with Crippen LogP contribution in [0.25, 0.3) is 0 Å². The molecule has 0 amide bonds. The van der Waals surface area contributed by atoms with Gasteiger partial charge in [-0.25, -0.2) is 8.42 Å². The van der Waals surface area contributed by atoms with Crippen LogP contribution in [-0.4, -0.2) is 39.5 Å². The second-order valence-electron chi connectivity index (χ2n) is 4.05. The van der Waals surface area contributed by atoms with E-state index in [1.54, 1.807) is 24.3 Å². The predicted molar refractivity (Wildman–Crippen MR) is 82.6 cm³/mol. The third-order valence-corrected chi connectivity index (χ3v) is 3.76. The summed E-state index contributed by atoms with van der Waals surface area (Å²) in [6, 6.07) is 6.52. The van der Waals surface area contributed by atoms with Crippen molar-refractivity contribution in [3.63, 3.8) is 0 Å². The van der Waals surface area contributed by atoms with Crippen LogP contribution < -0.4 is 15.2 Å². The quantitative estimate of drug-likeness (QED) is 0.524. The molecule has 0 aromatic heterocycles. The van der Waals surface area contributed by atoms with Crippen LogP contribution in [0.15, 0.2) is 24.3 Å². The number of benzene rings is 1. The van der Waals surface area contributed by atoms with E-state index in [9.17, 15) is 8.42 Å². The number of rotatable bonds is 9. The molecule has 20 heavy (non-hydrogen) atoms. The Morgan fingerprint density at radius 3 is 2.55 bits per heavy atom. The number of ether oxygens (including phenoxy) is 2. The minimum atomic E-state index is -3.36. The molecule has 0 unspecified atom stereocenters. The van der Waals surface area contributed by atoms with Crippen molar-refractivity contribution in [3.8, 4) is 5.75 Å². The van der Waals surface area contributed by atoms with Crippen LogP contribution in [0, 0.1) is 0 Å². The predicted octanol–water partition coefficient (Wildman–Crippen LogP) is 1.13. The van der Waals surface area contributed by atoms with Crippen molar-refractivity contribution in [2.45, 2.75) is 6.42 Å². The molecule has 0 saturated heterocycles. The molecule has 0 radical (unpaired) electrons. The van der Waals surface area contributed by atoms with Crippen molar-refractivity contribution >= 4 is 32.9 Å². The van der Waals surface area contributed by atoms with Gasteiger partial charge >= 0.3 is 0 Å². The number of sulfonamides is 1. The lowest BCUT2D eigenvalue weighted by Crippen LogP contribution is -2.18. The fourth-order valence-corrected chi connectivity index (χ4v) is 2.55. The Balaban J connectivity index is 2.54. The minimum Gasteiger partial charge on any atom is -0.487 e. The number of methoxy groups -OCH3 is 1. The fourth-order valence-electron chi connectivity index (χ4n) is 1.40. The van der Waals surface area contributed by atoms with Crippen molar-refractivity contribution in [1.29, 1.82) is 0 Å². The lowest BCUT2D eigenvalue weighted by Gasteiger charge is -2.09. The van der Waals surface area contributed by atoms with Crippen LogP contribution >= 0.6 is 12.2 Å². The van der Waals surface area contributed by atoms with Crippen molar-refractivity contribution in [3.05, 3.63) is 24.3 Å². The molecular formula is C12H18N2O4S2. The van der Waals surface area contributed by atoms with Gasteiger partial charge in [0.05, 0.1) is 5.75 Å². The maximum atomic E-state index is 11.7. The first-order valence-corrected chi connectivity index (χ1v) is 7.99. The zero-order valence-electron chi connectivity index (χ0n) is 11.2. The summed E-state index contributed by atoms with van der Waals surface area (Å²) in [5, 5.41) is 0. The first-order valence-electron chi connectivity index (χ1n) is 5.93. The molecule has 8 heteroatoms. The molecule has 0 aliphatic rings. The van der Waals surface area contributed by atoms with Gasteiger partial charge in [-0.05, 0) is 30.7 Å². The highest BCUT2D eigenvalue weighted by Gasteiger charge is 2.09. The van der Waals surface area contributed by atoms with E-state index in [-0.39, 0.29) is 17.3 Å². The summed E-state index contributed by atoms with van der Waals surface area (Å²) in [4.78, 5) is 0.257. The molecule has 0 saturated carbocycles. The van der Waals surface area contributed by atoms with E-state index in [0.29, 0.717) is 24.5 Å². The average molecular weight is 318 g/mol. The van der Waals surface area contributed by atoms with Crippen molar-refractivity contribution in [1.82, 2.24) is 0 Å². The Bertz CT molecular complexity index is 529. The summed E-state index contributed by atoms with van der Waals surface area (Å²) in [5.74, 6) is 0.584. The van der Waals surface area contributed by atoms with Gasteiger partial charge in [-0.1, -0.05) is 12.2 Å². The first-order chi connectivity index (χ1) is 9.43. The van der Waals surface area contributed by atoms with Gasteiger partial charge in [-0.2, -0.15) is 0 Å². The molecule has 0 fully saturated rings. The van der Waals surface area contributed by atoms with Gasteiger partial charge in [-0.15, -0.1) is 0 Å². The summed E-state index contributed by atoms with van der Waals surface area (Å²) >= 11 is 4.69. The Morgan fingerprint density at radius 2 is 2.00 bits per heavy atom. The maximum absolute atomic E-state index is 11.7. The van der Waals surface area contributed by atoms with Crippen LogP contribution in [0.3, 0.4) is 0 Å². The molecular weight excluding hydrogens is 300 g/mol. The largest absolute Gasteiger partial charge is 0.487 e. The highest BCUT2D eigenvalue weighted by Crippen LogP contribution is 2.16. The van der Waals surface area contributed by atoms with Gasteiger partial charge in [-0.3, -0.25) is 4.72 Å². The number of thiocarbonyl (C=S) groups is 1. The van der Waals surface area contributed by atoms with Gasteiger partial charge in [0.25, 0.3) is 0 Å². The molecule has 0 heterocycles. The first kappa shape index (κ1) is 16.7. The van der Waals surface area contributed by atoms with Crippen LogP contribution in [0.5, 0.6) is 5.75 Å². The van der Waals surface area contributed by atoms with E-state index < -0.39 is 10.0 Å². The van der Waals surface area contributed by atoms with E-state index in [0.717, 1.165) is 0 Å². The van der Waals surface area contributed by atoms with Crippen LogP contribution in [0.2, 0.25) is 0 Å². The average Bonchev–Trinajstić information content (AvgIpc) is 2.37. The molecule has 1 aromatic rings. The molecule has 0 aliphatic carbocycles. The summed E-state index contributed by atoms with van der Waals surface area (Å²) in [6.45, 7) is 0.560. The molecule has 112 valence electrons. The smallest absolute Gasteiger partial charge is 0.232 e. The number of hydrogen-bond acceptors (Lipinski definition) is 5. The fraction of sp³-hybridized carbons (Fsp3) is 0.417. The Morgan fingerprint density at radius 1 is 1.35 bits per heavy atom. The Labute approximate surface area is 124 Å². The Hall–Kier alpha value is -1.38. The molecule has 0 spiro atoms. The molecule has 0 atom stereocenters. The zero-order valence-corrected chi connectivity index (χ0v) is 12.8. The van der Waals surface area contributed by atoms with Crippen molar-refractivity contribution in [2.75, 3.05) is 30.8 Å².